The van der Waals surface area contributed by atoms with Crippen LogP contribution in [0, 0.1) is 0 Å². The lowest BCUT2D eigenvalue weighted by Gasteiger charge is -2.20. The highest BCUT2D eigenvalue weighted by molar-refractivity contribution is 7.88. The molecule has 0 saturated heterocycles. The van der Waals surface area contributed by atoms with Crippen molar-refractivity contribution in [1.82, 2.24) is 0 Å². The van der Waals surface area contributed by atoms with Crippen LogP contribution in [0.1, 0.15) is 38.8 Å². The number of sulfonamides is 1. The van der Waals surface area contributed by atoms with E-state index in [2.05, 4.69) is 26.1 Å². The van der Waals surface area contributed by atoms with Crippen molar-refractivity contribution >= 4 is 21.6 Å². The molecule has 27 heavy (non-hydrogen) atoms. The van der Waals surface area contributed by atoms with E-state index in [1.54, 1.807) is 31.2 Å². The van der Waals surface area contributed by atoms with Crippen LogP contribution in [0.4, 0.5) is 5.69 Å². The smallest absolute Gasteiger partial charge is 0.265 e. The number of nitrogens with one attached hydrogen (secondary N) is 1. The zero-order valence-electron chi connectivity index (χ0n) is 16.0. The van der Waals surface area contributed by atoms with E-state index in [1.165, 1.54) is 5.56 Å². The fourth-order valence-corrected chi connectivity index (χ4v) is 3.11. The number of hydrogen-bond acceptors (Lipinski definition) is 4. The SMILES string of the molecule is CC(Oc1ccc(C(C)(C)C)cc1)C(=O)Nc1ccc(CS(N)(=O)=O)cc1. The fraction of sp³-hybridized carbons (Fsp3) is 0.350. The molecular formula is C20H26N2O4S. The van der Waals surface area contributed by atoms with Crippen molar-refractivity contribution in [2.24, 2.45) is 5.14 Å². The summed E-state index contributed by atoms with van der Waals surface area (Å²) in [6.45, 7) is 8.07. The lowest BCUT2D eigenvalue weighted by atomic mass is 9.87. The molecular weight excluding hydrogens is 364 g/mol. The lowest BCUT2D eigenvalue weighted by molar-refractivity contribution is -0.122. The number of hydrogen-bond donors (Lipinski definition) is 2. The highest BCUT2D eigenvalue weighted by Gasteiger charge is 2.17. The molecule has 0 bridgehead atoms. The van der Waals surface area contributed by atoms with Gasteiger partial charge in [0, 0.05) is 5.69 Å². The summed E-state index contributed by atoms with van der Waals surface area (Å²) in [6.07, 6.45) is -0.686. The minimum atomic E-state index is -3.58. The van der Waals surface area contributed by atoms with Crippen LogP contribution in [0.15, 0.2) is 48.5 Å². The molecule has 0 heterocycles. The van der Waals surface area contributed by atoms with Crippen LogP contribution in [-0.4, -0.2) is 20.4 Å². The van der Waals surface area contributed by atoms with Gasteiger partial charge in [-0.1, -0.05) is 45.0 Å². The summed E-state index contributed by atoms with van der Waals surface area (Å²) >= 11 is 0. The van der Waals surface area contributed by atoms with Gasteiger partial charge in [0.25, 0.3) is 5.91 Å². The molecule has 1 unspecified atom stereocenters. The van der Waals surface area contributed by atoms with Crippen molar-refractivity contribution in [3.8, 4) is 5.75 Å². The Morgan fingerprint density at radius 1 is 1.07 bits per heavy atom. The number of carbonyl (C=O) groups is 1. The summed E-state index contributed by atoms with van der Waals surface area (Å²) in [6, 6.07) is 14.2. The Labute approximate surface area is 160 Å². The molecule has 146 valence electrons. The van der Waals surface area contributed by atoms with Gasteiger partial charge in [0.2, 0.25) is 10.0 Å². The maximum atomic E-state index is 12.3. The maximum absolute atomic E-state index is 12.3. The normalized spacial score (nSPS) is 13.1. The summed E-state index contributed by atoms with van der Waals surface area (Å²) in [7, 11) is -3.58. The minimum absolute atomic E-state index is 0.0525. The summed E-state index contributed by atoms with van der Waals surface area (Å²) in [5.41, 5.74) is 2.35. The summed E-state index contributed by atoms with van der Waals surface area (Å²) in [4.78, 5) is 12.3. The molecule has 0 aliphatic carbocycles. The maximum Gasteiger partial charge on any atom is 0.265 e. The molecule has 1 amide bonds. The average Bonchev–Trinajstić information content (AvgIpc) is 2.55. The van der Waals surface area contributed by atoms with Crippen LogP contribution in [0.3, 0.4) is 0 Å². The van der Waals surface area contributed by atoms with E-state index >= 15 is 0 Å². The molecule has 1 atom stereocenters. The van der Waals surface area contributed by atoms with Gasteiger partial charge < -0.3 is 10.1 Å². The first-order valence-electron chi connectivity index (χ1n) is 8.61. The van der Waals surface area contributed by atoms with Crippen molar-refractivity contribution in [3.63, 3.8) is 0 Å². The molecule has 0 spiro atoms. The summed E-state index contributed by atoms with van der Waals surface area (Å²) in [5, 5.41) is 7.76. The van der Waals surface area contributed by atoms with Gasteiger partial charge in [-0.15, -0.1) is 0 Å². The summed E-state index contributed by atoms with van der Waals surface area (Å²) < 4.78 is 27.9. The third-order valence-electron chi connectivity index (χ3n) is 3.99. The minimum Gasteiger partial charge on any atom is -0.481 e. The Morgan fingerprint density at radius 3 is 2.11 bits per heavy atom. The van der Waals surface area contributed by atoms with Gasteiger partial charge in [-0.05, 0) is 47.7 Å². The second-order valence-electron chi connectivity index (χ2n) is 7.53. The zero-order valence-corrected chi connectivity index (χ0v) is 16.8. The quantitative estimate of drug-likeness (QED) is 0.791. The van der Waals surface area contributed by atoms with Gasteiger partial charge in [0.15, 0.2) is 6.10 Å². The van der Waals surface area contributed by atoms with Crippen LogP contribution in [0.2, 0.25) is 0 Å². The van der Waals surface area contributed by atoms with E-state index in [0.717, 1.165) is 0 Å². The van der Waals surface area contributed by atoms with Crippen LogP contribution >= 0.6 is 0 Å². The highest BCUT2D eigenvalue weighted by atomic mass is 32.2. The van der Waals surface area contributed by atoms with Crippen molar-refractivity contribution in [3.05, 3.63) is 59.7 Å². The van der Waals surface area contributed by atoms with Gasteiger partial charge in [-0.3, -0.25) is 4.79 Å². The standard InChI is InChI=1S/C20H26N2O4S/c1-14(26-18-11-7-16(8-12-18)20(2,3)4)19(23)22-17-9-5-15(6-10-17)13-27(21,24)25/h5-12,14H,13H2,1-4H3,(H,22,23)(H2,21,24,25). The van der Waals surface area contributed by atoms with Gasteiger partial charge in [0.1, 0.15) is 5.75 Å². The van der Waals surface area contributed by atoms with Gasteiger partial charge >= 0.3 is 0 Å². The van der Waals surface area contributed by atoms with Crippen molar-refractivity contribution in [2.75, 3.05) is 5.32 Å². The molecule has 2 rings (SSSR count). The van der Waals surface area contributed by atoms with Gasteiger partial charge in [-0.2, -0.15) is 0 Å². The number of rotatable bonds is 6. The first-order valence-corrected chi connectivity index (χ1v) is 10.3. The topological polar surface area (TPSA) is 98.5 Å². The molecule has 0 aliphatic heterocycles. The van der Waals surface area contributed by atoms with E-state index in [0.29, 0.717) is 17.0 Å². The third kappa shape index (κ3) is 6.69. The molecule has 2 aromatic rings. The number of amides is 1. The largest absolute Gasteiger partial charge is 0.481 e. The van der Waals surface area contributed by atoms with E-state index < -0.39 is 16.1 Å². The van der Waals surface area contributed by atoms with Gasteiger partial charge in [0.05, 0.1) is 5.75 Å². The second kappa shape index (κ2) is 8.10. The molecule has 0 radical (unpaired) electrons. The van der Waals surface area contributed by atoms with Crippen LogP contribution in [-0.2, 0) is 26.0 Å². The van der Waals surface area contributed by atoms with E-state index in [9.17, 15) is 13.2 Å². The molecule has 3 N–H and O–H groups in total. The number of benzene rings is 2. The van der Waals surface area contributed by atoms with Crippen LogP contribution in [0.25, 0.3) is 0 Å². The van der Waals surface area contributed by atoms with E-state index in [1.807, 2.05) is 24.3 Å². The number of primary sulfonamides is 1. The molecule has 7 heteroatoms. The Kier molecular flexibility index (Phi) is 6.28. The van der Waals surface area contributed by atoms with Crippen LogP contribution in [0.5, 0.6) is 5.75 Å². The summed E-state index contributed by atoms with van der Waals surface area (Å²) in [5.74, 6) is 0.0777. The van der Waals surface area contributed by atoms with Crippen molar-refractivity contribution in [1.29, 1.82) is 0 Å². The molecule has 0 aliphatic rings. The molecule has 6 nitrogen and oxygen atoms in total. The van der Waals surface area contributed by atoms with Crippen molar-refractivity contribution in [2.45, 2.75) is 45.0 Å². The number of anilines is 1. The predicted octanol–water partition coefficient (Wildman–Crippen LogP) is 3.18. The van der Waals surface area contributed by atoms with E-state index in [-0.39, 0.29) is 17.1 Å². The number of ether oxygens (including phenoxy) is 1. The third-order valence-corrected chi connectivity index (χ3v) is 4.73. The number of nitrogens with two attached hydrogens (primary N) is 1. The Balaban J connectivity index is 1.95. The average molecular weight is 391 g/mol. The predicted molar refractivity (Wildman–Crippen MR) is 107 cm³/mol. The molecule has 2 aromatic carbocycles. The van der Waals surface area contributed by atoms with Gasteiger partial charge in [-0.25, -0.2) is 13.6 Å². The van der Waals surface area contributed by atoms with Crippen molar-refractivity contribution < 1.29 is 17.9 Å². The zero-order chi connectivity index (χ0) is 20.2. The molecule has 0 saturated carbocycles. The Morgan fingerprint density at radius 2 is 1.63 bits per heavy atom. The second-order valence-corrected chi connectivity index (χ2v) is 9.14. The van der Waals surface area contributed by atoms with Crippen LogP contribution < -0.4 is 15.2 Å². The highest BCUT2D eigenvalue weighted by Crippen LogP contribution is 2.24. The van der Waals surface area contributed by atoms with E-state index in [4.69, 9.17) is 9.88 Å². The molecule has 0 aromatic heterocycles. The monoisotopic (exact) mass is 390 g/mol. The lowest BCUT2D eigenvalue weighted by Crippen LogP contribution is -2.30. The Hall–Kier alpha value is -2.38. The molecule has 0 fully saturated rings. The fourth-order valence-electron chi connectivity index (χ4n) is 2.45. The Bertz CT molecular complexity index is 883. The first-order chi connectivity index (χ1) is 12.4. The first kappa shape index (κ1) is 20.9. The number of carbonyl (C=O) groups excluding carboxylic acids is 1.